The molecule has 11 heteroatoms. The van der Waals surface area contributed by atoms with Crippen LogP contribution in [-0.2, 0) is 18.3 Å². The number of aryl methyl sites for hydroxylation is 1. The number of aliphatic hydroxyl groups excluding tert-OH is 1. The van der Waals surface area contributed by atoms with Crippen molar-refractivity contribution in [1.82, 2.24) is 34.1 Å². The van der Waals surface area contributed by atoms with E-state index in [0.29, 0.717) is 31.6 Å². The van der Waals surface area contributed by atoms with Crippen molar-refractivity contribution in [3.63, 3.8) is 0 Å². The summed E-state index contributed by atoms with van der Waals surface area (Å²) in [6, 6.07) is 1.92. The van der Waals surface area contributed by atoms with E-state index in [1.807, 2.05) is 30.1 Å². The summed E-state index contributed by atoms with van der Waals surface area (Å²) in [5.74, 6) is 0.888. The van der Waals surface area contributed by atoms with Crippen LogP contribution in [0.5, 0.6) is 5.88 Å². The van der Waals surface area contributed by atoms with Crippen molar-refractivity contribution in [2.45, 2.75) is 19.1 Å². The number of ether oxygens (including phenoxy) is 2. The van der Waals surface area contributed by atoms with Gasteiger partial charge in [0.15, 0.2) is 0 Å². The maximum Gasteiger partial charge on any atom is 0.244 e. The molecule has 0 saturated carbocycles. The van der Waals surface area contributed by atoms with Gasteiger partial charge in [-0.15, -0.1) is 0 Å². The first kappa shape index (κ1) is 18.6. The van der Waals surface area contributed by atoms with Crippen molar-refractivity contribution < 1.29 is 14.6 Å². The molecule has 0 amide bonds. The molecular weight excluding hydrogens is 388 g/mol. The van der Waals surface area contributed by atoms with Crippen LogP contribution in [0.2, 0.25) is 0 Å². The van der Waals surface area contributed by atoms with Gasteiger partial charge in [0.2, 0.25) is 11.8 Å². The van der Waals surface area contributed by atoms with Crippen LogP contribution >= 0.6 is 0 Å². The zero-order valence-electron chi connectivity index (χ0n) is 16.5. The summed E-state index contributed by atoms with van der Waals surface area (Å²) < 4.78 is 17.0. The Morgan fingerprint density at radius 1 is 1.27 bits per heavy atom. The Morgan fingerprint density at radius 2 is 2.20 bits per heavy atom. The van der Waals surface area contributed by atoms with E-state index in [1.54, 1.807) is 28.0 Å². The molecule has 4 aromatic rings. The van der Waals surface area contributed by atoms with E-state index >= 15 is 0 Å². The molecule has 0 unspecified atom stereocenters. The lowest BCUT2D eigenvalue weighted by Crippen LogP contribution is -2.17. The number of rotatable bonds is 7. The van der Waals surface area contributed by atoms with Crippen LogP contribution in [0.1, 0.15) is 6.42 Å². The number of fused-ring (bicyclic) bond motifs is 1. The average Bonchev–Trinajstić information content (AvgIpc) is 3.50. The van der Waals surface area contributed by atoms with Crippen molar-refractivity contribution in [3.05, 3.63) is 37.1 Å². The molecule has 5 heterocycles. The lowest BCUT2D eigenvalue weighted by Gasteiger charge is -2.14. The third-order valence-electron chi connectivity index (χ3n) is 4.86. The Labute approximate surface area is 171 Å². The fourth-order valence-corrected chi connectivity index (χ4v) is 3.44. The summed E-state index contributed by atoms with van der Waals surface area (Å²) in [6.07, 6.45) is 9.84. The molecule has 30 heavy (non-hydrogen) atoms. The molecule has 0 aromatic carbocycles. The van der Waals surface area contributed by atoms with Gasteiger partial charge in [0, 0.05) is 32.1 Å². The predicted octanol–water partition coefficient (Wildman–Crippen LogP) is 1.25. The van der Waals surface area contributed by atoms with Gasteiger partial charge in [0.25, 0.3) is 0 Å². The lowest BCUT2D eigenvalue weighted by molar-refractivity contribution is 0.139. The first-order valence-corrected chi connectivity index (χ1v) is 9.72. The van der Waals surface area contributed by atoms with Crippen LogP contribution in [0.4, 0.5) is 11.6 Å². The highest BCUT2D eigenvalue weighted by atomic mass is 16.5. The Kier molecular flexibility index (Phi) is 4.81. The zero-order valence-corrected chi connectivity index (χ0v) is 16.5. The van der Waals surface area contributed by atoms with Crippen LogP contribution in [-0.4, -0.2) is 65.1 Å². The quantitative estimate of drug-likeness (QED) is 0.468. The normalized spacial score (nSPS) is 16.4. The summed E-state index contributed by atoms with van der Waals surface area (Å²) in [5.41, 5.74) is 3.14. The Hall–Kier alpha value is -3.44. The molecular formula is C19H22N8O3. The molecule has 156 valence electrons. The minimum absolute atomic E-state index is 0.0207. The molecule has 0 bridgehead atoms. The van der Waals surface area contributed by atoms with Gasteiger partial charge < -0.3 is 24.5 Å². The van der Waals surface area contributed by atoms with Gasteiger partial charge >= 0.3 is 0 Å². The van der Waals surface area contributed by atoms with Gasteiger partial charge in [-0.3, -0.25) is 9.36 Å². The summed E-state index contributed by atoms with van der Waals surface area (Å²) >= 11 is 0. The monoisotopic (exact) mass is 410 g/mol. The van der Waals surface area contributed by atoms with Crippen molar-refractivity contribution in [3.8, 4) is 11.6 Å². The maximum atomic E-state index is 9.07. The average molecular weight is 410 g/mol. The van der Waals surface area contributed by atoms with Crippen molar-refractivity contribution in [2.24, 2.45) is 7.05 Å². The van der Waals surface area contributed by atoms with E-state index in [-0.39, 0.29) is 12.7 Å². The fraction of sp³-hybridized carbons (Fsp3) is 0.368. The Balaban J connectivity index is 1.54. The number of hydrogen-bond donors (Lipinski definition) is 2. The number of nitrogens with one attached hydrogen (secondary N) is 1. The second kappa shape index (κ2) is 7.76. The first-order valence-electron chi connectivity index (χ1n) is 9.72. The number of nitrogens with zero attached hydrogens (tertiary/aromatic N) is 7. The molecule has 11 nitrogen and oxygen atoms in total. The van der Waals surface area contributed by atoms with Crippen molar-refractivity contribution in [1.29, 1.82) is 0 Å². The maximum absolute atomic E-state index is 9.07. The van der Waals surface area contributed by atoms with E-state index in [0.717, 1.165) is 28.8 Å². The van der Waals surface area contributed by atoms with E-state index < -0.39 is 0 Å². The van der Waals surface area contributed by atoms with Gasteiger partial charge in [-0.2, -0.15) is 15.2 Å². The molecule has 0 aliphatic carbocycles. The van der Waals surface area contributed by atoms with E-state index in [1.165, 1.54) is 0 Å². The van der Waals surface area contributed by atoms with Gasteiger partial charge in [0.1, 0.15) is 11.6 Å². The molecule has 0 spiro atoms. The second-order valence-electron chi connectivity index (χ2n) is 7.09. The molecule has 5 rings (SSSR count). The van der Waals surface area contributed by atoms with E-state index in [2.05, 4.69) is 25.5 Å². The van der Waals surface area contributed by atoms with Gasteiger partial charge in [-0.05, 0) is 6.07 Å². The smallest absolute Gasteiger partial charge is 0.244 e. The van der Waals surface area contributed by atoms with Crippen molar-refractivity contribution in [2.75, 3.05) is 25.1 Å². The third kappa shape index (κ3) is 3.60. The van der Waals surface area contributed by atoms with Gasteiger partial charge in [0.05, 0.1) is 55.7 Å². The predicted molar refractivity (Wildman–Crippen MR) is 108 cm³/mol. The molecule has 1 fully saturated rings. The summed E-state index contributed by atoms with van der Waals surface area (Å²) in [7, 11) is 1.87. The summed E-state index contributed by atoms with van der Waals surface area (Å²) in [4.78, 5) is 9.29. The topological polar surface area (TPSA) is 117 Å². The summed E-state index contributed by atoms with van der Waals surface area (Å²) in [6.45, 7) is 1.66. The van der Waals surface area contributed by atoms with Crippen LogP contribution < -0.4 is 10.1 Å². The van der Waals surface area contributed by atoms with Gasteiger partial charge in [-0.1, -0.05) is 0 Å². The highest BCUT2D eigenvalue weighted by Crippen LogP contribution is 2.30. The first-order chi connectivity index (χ1) is 14.7. The van der Waals surface area contributed by atoms with Crippen LogP contribution in [0.15, 0.2) is 37.1 Å². The third-order valence-corrected chi connectivity index (χ3v) is 4.86. The zero-order chi connectivity index (χ0) is 20.5. The summed E-state index contributed by atoms with van der Waals surface area (Å²) in [5, 5.41) is 20.7. The molecule has 1 atom stereocenters. The number of hydrogen-bond acceptors (Lipinski definition) is 8. The Bertz CT molecular complexity index is 1160. The fourth-order valence-electron chi connectivity index (χ4n) is 3.44. The van der Waals surface area contributed by atoms with Crippen LogP contribution in [0, 0.1) is 0 Å². The van der Waals surface area contributed by atoms with E-state index in [9.17, 15) is 0 Å². The van der Waals surface area contributed by atoms with Gasteiger partial charge in [-0.25, -0.2) is 4.98 Å². The van der Waals surface area contributed by atoms with Crippen LogP contribution in [0.25, 0.3) is 16.7 Å². The highest BCUT2D eigenvalue weighted by Gasteiger charge is 2.22. The SMILES string of the molecule is Cn1cc(-n2ccc3nc(Nc4cnn(CCO)c4)nc(O[C@H]4CCOC4)c32)cn1. The van der Waals surface area contributed by atoms with E-state index in [4.69, 9.17) is 14.6 Å². The second-order valence-corrected chi connectivity index (χ2v) is 7.09. The lowest BCUT2D eigenvalue weighted by atomic mass is 10.3. The minimum Gasteiger partial charge on any atom is -0.470 e. The highest BCUT2D eigenvalue weighted by molar-refractivity contribution is 5.84. The van der Waals surface area contributed by atoms with Crippen LogP contribution in [0.3, 0.4) is 0 Å². The molecule has 0 radical (unpaired) electrons. The number of anilines is 2. The number of aromatic nitrogens is 7. The van der Waals surface area contributed by atoms with Crippen molar-refractivity contribution >= 4 is 22.7 Å². The minimum atomic E-state index is -0.0551. The molecule has 1 aliphatic heterocycles. The largest absolute Gasteiger partial charge is 0.470 e. The Morgan fingerprint density at radius 3 is 2.97 bits per heavy atom. The molecule has 4 aromatic heterocycles. The molecule has 2 N–H and O–H groups in total. The molecule has 1 saturated heterocycles. The standard InChI is InChI=1S/C19H22N8O3/c1-25-11-14(9-20-25)27-4-2-16-17(27)18(30-15-3-7-29-12-15)24-19(23-16)22-13-8-21-26(10-13)5-6-28/h2,4,8-11,15,28H,3,5-7,12H2,1H3,(H,22,23,24)/t15-/m0/s1. The molecule has 1 aliphatic rings. The number of aliphatic hydroxyl groups is 1.